The van der Waals surface area contributed by atoms with E-state index in [0.717, 1.165) is 5.56 Å². The van der Waals surface area contributed by atoms with Gasteiger partial charge in [-0.1, -0.05) is 12.1 Å². The lowest BCUT2D eigenvalue weighted by Crippen LogP contribution is -2.15. The van der Waals surface area contributed by atoms with Gasteiger partial charge in [0.2, 0.25) is 17.7 Å². The Labute approximate surface area is 179 Å². The Bertz CT molecular complexity index is 1010. The molecular weight excluding hydrogens is 400 g/mol. The van der Waals surface area contributed by atoms with Gasteiger partial charge in [-0.3, -0.25) is 14.5 Å². The summed E-state index contributed by atoms with van der Waals surface area (Å²) in [6.45, 7) is 2.43. The van der Waals surface area contributed by atoms with Crippen molar-refractivity contribution < 1.29 is 9.53 Å². The summed E-state index contributed by atoms with van der Waals surface area (Å²) in [5, 5.41) is 3.54. The third-order valence-electron chi connectivity index (χ3n) is 4.27. The molecule has 0 bridgehead atoms. The van der Waals surface area contributed by atoms with Gasteiger partial charge >= 0.3 is 0 Å². The molecule has 0 atom stereocenters. The Balaban J connectivity index is 1.34. The van der Waals surface area contributed by atoms with E-state index in [1.807, 2.05) is 31.2 Å². The lowest BCUT2D eigenvalue weighted by atomic mass is 10.1. The van der Waals surface area contributed by atoms with Crippen molar-refractivity contribution in [2.75, 3.05) is 16.6 Å². The summed E-state index contributed by atoms with van der Waals surface area (Å²) in [6, 6.07) is 9.19. The van der Waals surface area contributed by atoms with Crippen LogP contribution in [0.5, 0.6) is 5.88 Å². The number of aromatic nitrogens is 4. The number of ether oxygens (including phenoxy) is 1. The molecule has 2 N–H and O–H groups in total. The van der Waals surface area contributed by atoms with Crippen LogP contribution in [-0.2, 0) is 11.2 Å². The summed E-state index contributed by atoms with van der Waals surface area (Å²) in [4.78, 5) is 29.6. The van der Waals surface area contributed by atoms with E-state index in [1.54, 1.807) is 36.6 Å². The SMILES string of the molecule is CCOc1cncc(-c2ccc(NC(=O)Cc3ccnc(NSC4CC4)n3)cc2)n1. The average Bonchev–Trinajstić information content (AvgIpc) is 3.58. The lowest BCUT2D eigenvalue weighted by molar-refractivity contribution is -0.115. The molecule has 3 aromatic rings. The first kappa shape index (κ1) is 20.1. The van der Waals surface area contributed by atoms with E-state index < -0.39 is 0 Å². The van der Waals surface area contributed by atoms with Gasteiger partial charge in [0.15, 0.2) is 0 Å². The molecule has 1 aliphatic carbocycles. The molecule has 30 heavy (non-hydrogen) atoms. The normalized spacial score (nSPS) is 13.0. The van der Waals surface area contributed by atoms with Crippen molar-refractivity contribution in [1.82, 2.24) is 19.9 Å². The van der Waals surface area contributed by atoms with Crippen molar-refractivity contribution in [3.63, 3.8) is 0 Å². The van der Waals surface area contributed by atoms with E-state index in [-0.39, 0.29) is 12.3 Å². The second kappa shape index (κ2) is 9.53. The molecular formula is C21H22N6O2S. The third-order valence-corrected chi connectivity index (χ3v) is 5.37. The van der Waals surface area contributed by atoms with Gasteiger partial charge in [0.25, 0.3) is 0 Å². The molecule has 2 aromatic heterocycles. The number of carbonyl (C=O) groups excluding carboxylic acids is 1. The number of hydrogen-bond acceptors (Lipinski definition) is 8. The Morgan fingerprint density at radius 1 is 1.17 bits per heavy atom. The van der Waals surface area contributed by atoms with Crippen LogP contribution in [0.4, 0.5) is 11.6 Å². The number of carbonyl (C=O) groups is 1. The summed E-state index contributed by atoms with van der Waals surface area (Å²) in [5.41, 5.74) is 2.97. The van der Waals surface area contributed by atoms with E-state index in [1.165, 1.54) is 12.8 Å². The highest BCUT2D eigenvalue weighted by molar-refractivity contribution is 8.01. The van der Waals surface area contributed by atoms with Crippen LogP contribution in [0.1, 0.15) is 25.5 Å². The fourth-order valence-electron chi connectivity index (χ4n) is 2.66. The van der Waals surface area contributed by atoms with Crippen molar-refractivity contribution >= 4 is 29.5 Å². The quantitative estimate of drug-likeness (QED) is 0.503. The molecule has 8 nitrogen and oxygen atoms in total. The summed E-state index contributed by atoms with van der Waals surface area (Å²) < 4.78 is 8.54. The number of nitrogens with zero attached hydrogens (tertiary/aromatic N) is 4. The first-order chi connectivity index (χ1) is 14.7. The minimum Gasteiger partial charge on any atom is -0.477 e. The monoisotopic (exact) mass is 422 g/mol. The molecule has 2 heterocycles. The molecule has 154 valence electrons. The molecule has 1 saturated carbocycles. The highest BCUT2D eigenvalue weighted by atomic mass is 32.2. The summed E-state index contributed by atoms with van der Waals surface area (Å²) in [6.07, 6.45) is 7.55. The van der Waals surface area contributed by atoms with Crippen LogP contribution in [0.3, 0.4) is 0 Å². The zero-order valence-corrected chi connectivity index (χ0v) is 17.4. The van der Waals surface area contributed by atoms with Crippen LogP contribution in [0, 0.1) is 0 Å². The number of rotatable bonds is 9. The number of nitrogens with one attached hydrogen (secondary N) is 2. The molecule has 1 fully saturated rings. The fourth-order valence-corrected chi connectivity index (χ4v) is 3.41. The molecule has 0 radical (unpaired) electrons. The van der Waals surface area contributed by atoms with E-state index >= 15 is 0 Å². The van der Waals surface area contributed by atoms with E-state index in [4.69, 9.17) is 4.74 Å². The summed E-state index contributed by atoms with van der Waals surface area (Å²) in [5.74, 6) is 0.888. The fraction of sp³-hybridized carbons (Fsp3) is 0.286. The Morgan fingerprint density at radius 3 is 2.77 bits per heavy atom. The van der Waals surface area contributed by atoms with Crippen LogP contribution in [0.15, 0.2) is 48.9 Å². The standard InChI is InChI=1S/C21H22N6O2S/c1-2-29-20-13-22-12-18(26-20)14-3-5-15(6-4-14)24-19(28)11-16-9-10-23-21(25-16)27-30-17-7-8-17/h3-6,9-10,12-13,17H,2,7-8,11H2,1H3,(H,24,28)(H,23,25,27). The maximum Gasteiger partial charge on any atom is 0.233 e. The van der Waals surface area contributed by atoms with Gasteiger partial charge in [-0.15, -0.1) is 0 Å². The van der Waals surface area contributed by atoms with Crippen molar-refractivity contribution in [3.05, 3.63) is 54.6 Å². The number of hydrogen-bond donors (Lipinski definition) is 2. The Morgan fingerprint density at radius 2 is 2.00 bits per heavy atom. The summed E-state index contributed by atoms with van der Waals surface area (Å²) in [7, 11) is 0. The highest BCUT2D eigenvalue weighted by Crippen LogP contribution is 2.33. The van der Waals surface area contributed by atoms with E-state index in [9.17, 15) is 4.79 Å². The highest BCUT2D eigenvalue weighted by Gasteiger charge is 2.22. The van der Waals surface area contributed by atoms with Crippen molar-refractivity contribution in [2.45, 2.75) is 31.4 Å². The van der Waals surface area contributed by atoms with E-state index in [0.29, 0.717) is 40.8 Å². The third kappa shape index (κ3) is 5.66. The van der Waals surface area contributed by atoms with Gasteiger partial charge in [-0.05, 0) is 49.9 Å². The number of anilines is 2. The van der Waals surface area contributed by atoms with Crippen molar-refractivity contribution in [2.24, 2.45) is 0 Å². The molecule has 9 heteroatoms. The lowest BCUT2D eigenvalue weighted by Gasteiger charge is -2.08. The molecule has 1 aliphatic rings. The Kier molecular flexibility index (Phi) is 6.38. The maximum atomic E-state index is 12.4. The van der Waals surface area contributed by atoms with Crippen LogP contribution >= 0.6 is 11.9 Å². The molecule has 0 saturated heterocycles. The summed E-state index contributed by atoms with van der Waals surface area (Å²) >= 11 is 1.64. The van der Waals surface area contributed by atoms with Gasteiger partial charge in [0.05, 0.1) is 36.8 Å². The maximum absolute atomic E-state index is 12.4. The van der Waals surface area contributed by atoms with Crippen LogP contribution < -0.4 is 14.8 Å². The Hall–Kier alpha value is -3.20. The first-order valence-corrected chi connectivity index (χ1v) is 10.7. The zero-order chi connectivity index (χ0) is 20.8. The minimum atomic E-state index is -0.139. The van der Waals surface area contributed by atoms with Crippen LogP contribution in [0.25, 0.3) is 11.3 Å². The van der Waals surface area contributed by atoms with Gasteiger partial charge in [0.1, 0.15) is 0 Å². The zero-order valence-electron chi connectivity index (χ0n) is 16.5. The molecule has 1 amide bonds. The smallest absolute Gasteiger partial charge is 0.233 e. The molecule has 1 aromatic carbocycles. The van der Waals surface area contributed by atoms with Gasteiger partial charge < -0.3 is 10.1 Å². The first-order valence-electron chi connectivity index (χ1n) is 9.78. The second-order valence-electron chi connectivity index (χ2n) is 6.77. The van der Waals surface area contributed by atoms with E-state index in [2.05, 4.69) is 30.0 Å². The van der Waals surface area contributed by atoms with Crippen LogP contribution in [-0.4, -0.2) is 37.7 Å². The topological polar surface area (TPSA) is 102 Å². The molecule has 0 unspecified atom stereocenters. The van der Waals surface area contributed by atoms with Crippen LogP contribution in [0.2, 0.25) is 0 Å². The number of amides is 1. The molecule has 0 spiro atoms. The van der Waals surface area contributed by atoms with Crippen molar-refractivity contribution in [3.8, 4) is 17.1 Å². The van der Waals surface area contributed by atoms with Crippen molar-refractivity contribution in [1.29, 1.82) is 0 Å². The van der Waals surface area contributed by atoms with Gasteiger partial charge in [-0.2, -0.15) is 0 Å². The van der Waals surface area contributed by atoms with Gasteiger partial charge in [-0.25, -0.2) is 15.0 Å². The largest absolute Gasteiger partial charge is 0.477 e. The minimum absolute atomic E-state index is 0.139. The predicted octanol–water partition coefficient (Wildman–Crippen LogP) is 3.74. The molecule has 4 rings (SSSR count). The second-order valence-corrected chi connectivity index (χ2v) is 7.88. The van der Waals surface area contributed by atoms with Gasteiger partial charge in [0, 0.05) is 22.7 Å². The average molecular weight is 423 g/mol. The predicted molar refractivity (Wildman–Crippen MR) is 117 cm³/mol. The molecule has 0 aliphatic heterocycles. The number of benzene rings is 1.